The lowest BCUT2D eigenvalue weighted by Crippen LogP contribution is -2.24. The third-order valence-electron chi connectivity index (χ3n) is 4.33. The van der Waals surface area contributed by atoms with Crippen molar-refractivity contribution in [3.8, 4) is 5.95 Å². The summed E-state index contributed by atoms with van der Waals surface area (Å²) in [5.41, 5.74) is 0. The number of nitrogens with zero attached hydrogens (tertiary/aromatic N) is 6. The lowest BCUT2D eigenvalue weighted by atomic mass is 10.0. The maximum absolute atomic E-state index is 6.04. The maximum atomic E-state index is 6.04. The minimum absolute atomic E-state index is 0.232. The van der Waals surface area contributed by atoms with Crippen molar-refractivity contribution in [2.45, 2.75) is 19.3 Å². The van der Waals surface area contributed by atoms with Crippen LogP contribution in [0.3, 0.4) is 0 Å². The monoisotopic (exact) mass is 290 g/mol. The number of hydrogen-bond donors (Lipinski definition) is 0. The third-order valence-corrected chi connectivity index (χ3v) is 4.50. The highest BCUT2D eigenvalue weighted by Gasteiger charge is 2.37. The molecule has 0 spiro atoms. The number of fused-ring (bicyclic) bond motifs is 1. The molecule has 1 saturated carbocycles. The normalized spacial score (nSPS) is 25.1. The van der Waals surface area contributed by atoms with Crippen LogP contribution in [0, 0.1) is 11.8 Å². The van der Waals surface area contributed by atoms with Crippen molar-refractivity contribution in [3.05, 3.63) is 24.0 Å². The fraction of sp³-hybridized carbons (Fsp3) is 0.538. The minimum atomic E-state index is 0.232. The molecule has 2 unspecified atom stereocenters. The number of aromatic nitrogens is 5. The van der Waals surface area contributed by atoms with Gasteiger partial charge in [0.05, 0.1) is 0 Å². The van der Waals surface area contributed by atoms with E-state index in [9.17, 15) is 0 Å². The predicted octanol–water partition coefficient (Wildman–Crippen LogP) is 1.95. The highest BCUT2D eigenvalue weighted by atomic mass is 35.5. The summed E-state index contributed by atoms with van der Waals surface area (Å²) in [5.74, 6) is 2.79. The molecule has 0 amide bonds. The van der Waals surface area contributed by atoms with E-state index >= 15 is 0 Å². The van der Waals surface area contributed by atoms with E-state index in [4.69, 9.17) is 11.6 Å². The predicted molar refractivity (Wildman–Crippen MR) is 75.0 cm³/mol. The van der Waals surface area contributed by atoms with Crippen LogP contribution in [0.5, 0.6) is 0 Å². The van der Waals surface area contributed by atoms with Gasteiger partial charge in [0.2, 0.25) is 17.2 Å². The van der Waals surface area contributed by atoms with E-state index in [0.29, 0.717) is 11.9 Å². The average Bonchev–Trinajstić information content (AvgIpc) is 3.14. The van der Waals surface area contributed by atoms with Crippen molar-refractivity contribution in [3.63, 3.8) is 0 Å². The molecule has 1 aliphatic heterocycles. The fourth-order valence-electron chi connectivity index (χ4n) is 3.36. The molecule has 0 aromatic carbocycles. The van der Waals surface area contributed by atoms with E-state index in [2.05, 4.69) is 24.8 Å². The first-order chi connectivity index (χ1) is 9.79. The Morgan fingerprint density at radius 2 is 1.80 bits per heavy atom. The van der Waals surface area contributed by atoms with Gasteiger partial charge in [0, 0.05) is 25.5 Å². The Morgan fingerprint density at radius 1 is 1.05 bits per heavy atom. The molecular weight excluding hydrogens is 276 g/mol. The molecule has 0 N–H and O–H groups in total. The van der Waals surface area contributed by atoms with Gasteiger partial charge in [0.25, 0.3) is 0 Å². The smallest absolute Gasteiger partial charge is 0.241 e. The van der Waals surface area contributed by atoms with Gasteiger partial charge in [-0.3, -0.25) is 4.57 Å². The Kier molecular flexibility index (Phi) is 2.84. The van der Waals surface area contributed by atoms with Gasteiger partial charge in [0.1, 0.15) is 6.33 Å². The second kappa shape index (κ2) is 4.70. The number of halogens is 1. The van der Waals surface area contributed by atoms with Gasteiger partial charge in [-0.05, 0) is 36.3 Å². The molecule has 3 heterocycles. The van der Waals surface area contributed by atoms with Crippen molar-refractivity contribution >= 4 is 17.5 Å². The zero-order chi connectivity index (χ0) is 13.5. The SMILES string of the molecule is Clc1nc(N2CC3CCCC3C2)nc(-n2ccnc2)n1. The summed E-state index contributed by atoms with van der Waals surface area (Å²) in [5, 5.41) is 0.232. The van der Waals surface area contributed by atoms with Crippen LogP contribution in [0.4, 0.5) is 5.95 Å². The highest BCUT2D eigenvalue weighted by Crippen LogP contribution is 2.38. The first-order valence-electron chi connectivity index (χ1n) is 6.94. The zero-order valence-corrected chi connectivity index (χ0v) is 11.7. The molecule has 4 rings (SSSR count). The molecular formula is C13H15ClN6. The number of hydrogen-bond acceptors (Lipinski definition) is 5. The largest absolute Gasteiger partial charge is 0.340 e. The van der Waals surface area contributed by atoms with E-state index < -0.39 is 0 Å². The molecule has 6 nitrogen and oxygen atoms in total. The molecule has 104 valence electrons. The van der Waals surface area contributed by atoms with Crippen LogP contribution in [0.1, 0.15) is 19.3 Å². The van der Waals surface area contributed by atoms with Gasteiger partial charge in [-0.2, -0.15) is 15.0 Å². The summed E-state index contributed by atoms with van der Waals surface area (Å²) in [6, 6.07) is 0. The number of imidazole rings is 1. The molecule has 2 fully saturated rings. The third kappa shape index (κ3) is 2.04. The van der Waals surface area contributed by atoms with Crippen molar-refractivity contribution < 1.29 is 0 Å². The van der Waals surface area contributed by atoms with Crippen molar-refractivity contribution in [2.75, 3.05) is 18.0 Å². The van der Waals surface area contributed by atoms with Crippen molar-refractivity contribution in [1.29, 1.82) is 0 Å². The molecule has 1 aliphatic carbocycles. The van der Waals surface area contributed by atoms with Crippen LogP contribution in [-0.2, 0) is 0 Å². The first kappa shape index (κ1) is 12.1. The molecule has 2 aromatic rings. The van der Waals surface area contributed by atoms with Gasteiger partial charge in [-0.25, -0.2) is 4.98 Å². The Morgan fingerprint density at radius 3 is 2.50 bits per heavy atom. The summed E-state index contributed by atoms with van der Waals surface area (Å²) < 4.78 is 1.74. The fourth-order valence-corrected chi connectivity index (χ4v) is 3.51. The summed E-state index contributed by atoms with van der Waals surface area (Å²) in [4.78, 5) is 19.2. The van der Waals surface area contributed by atoms with Crippen LogP contribution in [0.15, 0.2) is 18.7 Å². The lowest BCUT2D eigenvalue weighted by molar-refractivity contribution is 0.494. The number of anilines is 1. The highest BCUT2D eigenvalue weighted by molar-refractivity contribution is 6.28. The quantitative estimate of drug-likeness (QED) is 0.846. The molecule has 0 bridgehead atoms. The molecule has 20 heavy (non-hydrogen) atoms. The van der Waals surface area contributed by atoms with E-state index in [1.807, 2.05) is 0 Å². The van der Waals surface area contributed by atoms with Gasteiger partial charge in [-0.15, -0.1) is 0 Å². The van der Waals surface area contributed by atoms with Gasteiger partial charge in [0.15, 0.2) is 0 Å². The van der Waals surface area contributed by atoms with Gasteiger partial charge < -0.3 is 4.90 Å². The molecule has 1 saturated heterocycles. The number of rotatable bonds is 2. The minimum Gasteiger partial charge on any atom is -0.340 e. The van der Waals surface area contributed by atoms with Crippen LogP contribution in [0.25, 0.3) is 5.95 Å². The van der Waals surface area contributed by atoms with Crippen LogP contribution in [0.2, 0.25) is 5.28 Å². The summed E-state index contributed by atoms with van der Waals surface area (Å²) in [6.07, 6.45) is 9.17. The summed E-state index contributed by atoms with van der Waals surface area (Å²) in [7, 11) is 0. The first-order valence-corrected chi connectivity index (χ1v) is 7.32. The summed E-state index contributed by atoms with van der Waals surface area (Å²) in [6.45, 7) is 2.07. The topological polar surface area (TPSA) is 59.7 Å². The van der Waals surface area contributed by atoms with E-state index in [1.54, 1.807) is 23.3 Å². The molecule has 2 aromatic heterocycles. The van der Waals surface area contributed by atoms with Crippen LogP contribution < -0.4 is 4.90 Å². The van der Waals surface area contributed by atoms with E-state index in [1.165, 1.54) is 19.3 Å². The second-order valence-corrected chi connectivity index (χ2v) is 5.87. The second-order valence-electron chi connectivity index (χ2n) is 5.53. The van der Waals surface area contributed by atoms with Gasteiger partial charge >= 0.3 is 0 Å². The molecule has 0 radical (unpaired) electrons. The Labute approximate surface area is 121 Å². The average molecular weight is 291 g/mol. The maximum Gasteiger partial charge on any atom is 0.241 e. The van der Waals surface area contributed by atoms with Gasteiger partial charge in [-0.1, -0.05) is 6.42 Å². The summed E-state index contributed by atoms with van der Waals surface area (Å²) >= 11 is 6.04. The van der Waals surface area contributed by atoms with E-state index in [0.717, 1.165) is 24.9 Å². The van der Waals surface area contributed by atoms with Crippen molar-refractivity contribution in [2.24, 2.45) is 11.8 Å². The van der Waals surface area contributed by atoms with Crippen LogP contribution >= 0.6 is 11.6 Å². The molecule has 7 heteroatoms. The Bertz CT molecular complexity index is 601. The van der Waals surface area contributed by atoms with E-state index in [-0.39, 0.29) is 5.28 Å². The standard InChI is InChI=1S/C13H15ClN6/c14-11-16-12(19-5-4-15-8-19)18-13(17-11)20-6-9-2-1-3-10(9)7-20/h4-5,8-10H,1-3,6-7H2. The Balaban J connectivity index is 1.65. The lowest BCUT2D eigenvalue weighted by Gasteiger charge is -2.17. The molecule has 2 atom stereocenters. The Hall–Kier alpha value is -1.69. The zero-order valence-electron chi connectivity index (χ0n) is 11.0. The molecule has 2 aliphatic rings. The van der Waals surface area contributed by atoms with Crippen molar-refractivity contribution in [1.82, 2.24) is 24.5 Å². The van der Waals surface area contributed by atoms with Crippen LogP contribution in [-0.4, -0.2) is 37.6 Å².